The molecule has 0 aliphatic heterocycles. The zero-order chi connectivity index (χ0) is 13.7. The van der Waals surface area contributed by atoms with E-state index in [2.05, 4.69) is 17.2 Å². The van der Waals surface area contributed by atoms with Gasteiger partial charge in [0.15, 0.2) is 5.78 Å². The molecule has 0 saturated heterocycles. The first-order chi connectivity index (χ1) is 9.21. The van der Waals surface area contributed by atoms with E-state index in [9.17, 15) is 4.79 Å². The molecule has 2 rings (SSSR count). The molecule has 0 bridgehead atoms. The lowest BCUT2D eigenvalue weighted by Gasteiger charge is -2.35. The maximum absolute atomic E-state index is 12.5. The summed E-state index contributed by atoms with van der Waals surface area (Å²) >= 11 is 0. The van der Waals surface area contributed by atoms with Gasteiger partial charge in [-0.1, -0.05) is 31.4 Å². The van der Waals surface area contributed by atoms with Gasteiger partial charge in [-0.3, -0.25) is 4.79 Å². The van der Waals surface area contributed by atoms with Crippen molar-refractivity contribution in [3.05, 3.63) is 11.9 Å². The number of hydrogen-bond acceptors (Lipinski definition) is 4. The molecule has 1 aliphatic carbocycles. The molecule has 0 radical (unpaired) electrons. The molecule has 5 heteroatoms. The molecule has 19 heavy (non-hydrogen) atoms. The molecule has 1 saturated carbocycles. The maximum atomic E-state index is 12.5. The highest BCUT2D eigenvalue weighted by Crippen LogP contribution is 2.39. The molecule has 2 N–H and O–H groups in total. The molecule has 0 aromatic carbocycles. The molecule has 0 spiro atoms. The summed E-state index contributed by atoms with van der Waals surface area (Å²) < 4.78 is 1.72. The number of ketones is 1. The van der Waals surface area contributed by atoms with E-state index in [1.807, 2.05) is 0 Å². The lowest BCUT2D eigenvalue weighted by atomic mass is 9.71. The first-order valence-electron chi connectivity index (χ1n) is 7.32. The van der Waals surface area contributed by atoms with Crippen LogP contribution in [0.4, 0.5) is 0 Å². The van der Waals surface area contributed by atoms with Crippen LogP contribution in [-0.4, -0.2) is 27.3 Å². The van der Waals surface area contributed by atoms with Crippen LogP contribution < -0.4 is 5.73 Å². The number of carbonyl (C=O) groups is 1. The first kappa shape index (κ1) is 14.2. The van der Waals surface area contributed by atoms with E-state index in [1.165, 1.54) is 19.3 Å². The van der Waals surface area contributed by atoms with Crippen LogP contribution in [0, 0.1) is 5.41 Å². The average Bonchev–Trinajstić information content (AvgIpc) is 2.88. The lowest BCUT2D eigenvalue weighted by Crippen LogP contribution is -2.35. The van der Waals surface area contributed by atoms with Crippen molar-refractivity contribution in [2.75, 3.05) is 6.54 Å². The van der Waals surface area contributed by atoms with Gasteiger partial charge in [-0.15, -0.1) is 5.10 Å². The van der Waals surface area contributed by atoms with Crippen molar-refractivity contribution in [2.24, 2.45) is 11.1 Å². The van der Waals surface area contributed by atoms with E-state index in [0.717, 1.165) is 25.8 Å². The summed E-state index contributed by atoms with van der Waals surface area (Å²) in [6.45, 7) is 3.42. The molecule has 5 nitrogen and oxygen atoms in total. The van der Waals surface area contributed by atoms with Crippen LogP contribution >= 0.6 is 0 Å². The van der Waals surface area contributed by atoms with Gasteiger partial charge in [-0.2, -0.15) is 0 Å². The second kappa shape index (κ2) is 6.28. The summed E-state index contributed by atoms with van der Waals surface area (Å²) in [4.78, 5) is 12.5. The number of aryl methyl sites for hydroxylation is 1. The number of carbonyl (C=O) groups excluding carboxylic acids is 1. The van der Waals surface area contributed by atoms with E-state index in [1.54, 1.807) is 10.9 Å². The summed E-state index contributed by atoms with van der Waals surface area (Å²) in [5, 5.41) is 7.85. The van der Waals surface area contributed by atoms with E-state index in [0.29, 0.717) is 18.7 Å². The minimum atomic E-state index is 0.0106. The molecule has 1 aromatic heterocycles. The Kier molecular flexibility index (Phi) is 4.69. The fourth-order valence-electron chi connectivity index (χ4n) is 3.04. The van der Waals surface area contributed by atoms with Crippen LogP contribution in [0.2, 0.25) is 0 Å². The predicted molar refractivity (Wildman–Crippen MR) is 73.8 cm³/mol. The van der Waals surface area contributed by atoms with Crippen LogP contribution in [0.5, 0.6) is 0 Å². The zero-order valence-corrected chi connectivity index (χ0v) is 11.8. The number of nitrogens with two attached hydrogens (primary N) is 1. The molecule has 0 unspecified atom stereocenters. The third-order valence-electron chi connectivity index (χ3n) is 4.22. The van der Waals surface area contributed by atoms with E-state index >= 15 is 0 Å². The van der Waals surface area contributed by atoms with Gasteiger partial charge in [0.2, 0.25) is 0 Å². The highest BCUT2D eigenvalue weighted by molar-refractivity contribution is 5.94. The van der Waals surface area contributed by atoms with Gasteiger partial charge in [0.25, 0.3) is 0 Å². The molecule has 1 heterocycles. The second-order valence-electron chi connectivity index (χ2n) is 5.71. The standard InChI is InChI=1S/C14H24N4O/c1-2-8-18-12(10-16-17-18)13(19)9-14(11-15)6-4-3-5-7-14/h10H,2-9,11,15H2,1H3. The highest BCUT2D eigenvalue weighted by Gasteiger charge is 2.34. The zero-order valence-electron chi connectivity index (χ0n) is 11.8. The predicted octanol–water partition coefficient (Wildman–Crippen LogP) is 2.17. The smallest absolute Gasteiger partial charge is 0.183 e. The monoisotopic (exact) mass is 264 g/mol. The van der Waals surface area contributed by atoms with Crippen LogP contribution in [0.15, 0.2) is 6.20 Å². The van der Waals surface area contributed by atoms with Crippen molar-refractivity contribution >= 4 is 5.78 Å². The van der Waals surface area contributed by atoms with Crippen LogP contribution in [0.3, 0.4) is 0 Å². The molecule has 1 aliphatic rings. The Balaban J connectivity index is 2.08. The Morgan fingerprint density at radius 2 is 2.16 bits per heavy atom. The van der Waals surface area contributed by atoms with Crippen molar-refractivity contribution in [3.8, 4) is 0 Å². The van der Waals surface area contributed by atoms with Crippen molar-refractivity contribution in [3.63, 3.8) is 0 Å². The Morgan fingerprint density at radius 3 is 2.79 bits per heavy atom. The highest BCUT2D eigenvalue weighted by atomic mass is 16.1. The van der Waals surface area contributed by atoms with Crippen molar-refractivity contribution in [1.29, 1.82) is 0 Å². The van der Waals surface area contributed by atoms with Gasteiger partial charge in [0, 0.05) is 13.0 Å². The summed E-state index contributed by atoms with van der Waals surface area (Å²) in [6.07, 6.45) is 8.88. The normalized spacial score (nSPS) is 18.4. The van der Waals surface area contributed by atoms with Gasteiger partial charge in [-0.05, 0) is 31.2 Å². The Hall–Kier alpha value is -1.23. The summed E-state index contributed by atoms with van der Waals surface area (Å²) in [7, 11) is 0. The van der Waals surface area contributed by atoms with Gasteiger partial charge < -0.3 is 5.73 Å². The van der Waals surface area contributed by atoms with Crippen LogP contribution in [0.25, 0.3) is 0 Å². The van der Waals surface area contributed by atoms with E-state index < -0.39 is 0 Å². The van der Waals surface area contributed by atoms with Crippen molar-refractivity contribution in [1.82, 2.24) is 15.0 Å². The third kappa shape index (κ3) is 3.21. The Bertz CT molecular complexity index is 421. The number of Topliss-reactive ketones (excluding diaryl/α,β-unsaturated/α-hetero) is 1. The first-order valence-corrected chi connectivity index (χ1v) is 7.32. The quantitative estimate of drug-likeness (QED) is 0.799. The molecule has 106 valence electrons. The van der Waals surface area contributed by atoms with Crippen LogP contribution in [0.1, 0.15) is 62.4 Å². The van der Waals surface area contributed by atoms with Gasteiger partial charge >= 0.3 is 0 Å². The third-order valence-corrected chi connectivity index (χ3v) is 4.22. The SMILES string of the molecule is CCCn1nncc1C(=O)CC1(CN)CCCCC1. The average molecular weight is 264 g/mol. The largest absolute Gasteiger partial charge is 0.330 e. The summed E-state index contributed by atoms with van der Waals surface area (Å²) in [5.74, 6) is 0.144. The molecular formula is C14H24N4O. The molecular weight excluding hydrogens is 240 g/mol. The fraction of sp³-hybridized carbons (Fsp3) is 0.786. The van der Waals surface area contributed by atoms with Gasteiger partial charge in [0.1, 0.15) is 5.69 Å². The number of rotatable bonds is 6. The summed E-state index contributed by atoms with van der Waals surface area (Å²) in [6, 6.07) is 0. The van der Waals surface area contributed by atoms with Crippen molar-refractivity contribution < 1.29 is 4.79 Å². The fourth-order valence-corrected chi connectivity index (χ4v) is 3.04. The topological polar surface area (TPSA) is 73.8 Å². The molecule has 0 atom stereocenters. The minimum Gasteiger partial charge on any atom is -0.330 e. The number of nitrogens with zero attached hydrogens (tertiary/aromatic N) is 3. The Labute approximate surface area is 114 Å². The van der Waals surface area contributed by atoms with Gasteiger partial charge in [0.05, 0.1) is 6.20 Å². The molecule has 1 aromatic rings. The van der Waals surface area contributed by atoms with Crippen molar-refractivity contribution in [2.45, 2.75) is 58.4 Å². The van der Waals surface area contributed by atoms with Gasteiger partial charge in [-0.25, -0.2) is 4.68 Å². The van der Waals surface area contributed by atoms with E-state index in [-0.39, 0.29) is 11.2 Å². The second-order valence-corrected chi connectivity index (χ2v) is 5.71. The van der Waals surface area contributed by atoms with Crippen LogP contribution in [-0.2, 0) is 6.54 Å². The Morgan fingerprint density at radius 1 is 1.42 bits per heavy atom. The molecule has 1 fully saturated rings. The van der Waals surface area contributed by atoms with E-state index in [4.69, 9.17) is 5.73 Å². The maximum Gasteiger partial charge on any atom is 0.183 e. The summed E-state index contributed by atoms with van der Waals surface area (Å²) in [5.41, 5.74) is 6.60. The number of aromatic nitrogens is 3. The minimum absolute atomic E-state index is 0.0106. The number of hydrogen-bond donors (Lipinski definition) is 1. The molecule has 0 amide bonds. The lowest BCUT2D eigenvalue weighted by molar-refractivity contribution is 0.0857.